The topological polar surface area (TPSA) is 64.2 Å². The lowest BCUT2D eigenvalue weighted by atomic mass is 10.1. The average molecular weight is 244 g/mol. The van der Waals surface area contributed by atoms with Crippen LogP contribution in [0, 0.1) is 0 Å². The Morgan fingerprint density at radius 2 is 2.17 bits per heavy atom. The van der Waals surface area contributed by atoms with E-state index >= 15 is 0 Å². The lowest BCUT2D eigenvalue weighted by Crippen LogP contribution is -2.28. The molecule has 2 rings (SSSR count). The number of aryl methyl sites for hydroxylation is 1. The van der Waals surface area contributed by atoms with Gasteiger partial charge in [-0.05, 0) is 11.6 Å². The number of rotatable bonds is 3. The summed E-state index contributed by atoms with van der Waals surface area (Å²) in [5, 5.41) is 0. The molecule has 0 aliphatic rings. The second kappa shape index (κ2) is 4.91. The zero-order chi connectivity index (χ0) is 13.1. The highest BCUT2D eigenvalue weighted by Crippen LogP contribution is 2.14. The van der Waals surface area contributed by atoms with Gasteiger partial charge in [-0.3, -0.25) is 4.79 Å². The van der Waals surface area contributed by atoms with Crippen molar-refractivity contribution in [3.63, 3.8) is 0 Å². The third-order valence-corrected chi connectivity index (χ3v) is 2.85. The Morgan fingerprint density at radius 3 is 2.78 bits per heavy atom. The van der Waals surface area contributed by atoms with Crippen molar-refractivity contribution in [2.45, 2.75) is 6.54 Å². The van der Waals surface area contributed by atoms with Gasteiger partial charge >= 0.3 is 0 Å². The summed E-state index contributed by atoms with van der Waals surface area (Å²) in [5.41, 5.74) is 8.06. The summed E-state index contributed by atoms with van der Waals surface area (Å²) in [6, 6.07) is 7.54. The van der Waals surface area contributed by atoms with Crippen LogP contribution in [0.15, 0.2) is 36.8 Å². The SMILES string of the molecule is CN(Cc1ccccc1N)C(=O)c1cncn1C. The number of hydrogen-bond acceptors (Lipinski definition) is 3. The molecule has 0 saturated carbocycles. The molecule has 2 N–H and O–H groups in total. The van der Waals surface area contributed by atoms with Gasteiger partial charge in [-0.2, -0.15) is 0 Å². The molecule has 0 atom stereocenters. The first-order chi connectivity index (χ1) is 8.59. The minimum atomic E-state index is -0.0711. The number of nitrogen functional groups attached to an aromatic ring is 1. The van der Waals surface area contributed by atoms with Crippen molar-refractivity contribution >= 4 is 11.6 Å². The number of nitrogens with two attached hydrogens (primary N) is 1. The second-order valence-electron chi connectivity index (χ2n) is 4.25. The van der Waals surface area contributed by atoms with E-state index < -0.39 is 0 Å². The molecule has 0 aliphatic heterocycles. The van der Waals surface area contributed by atoms with Crippen molar-refractivity contribution in [3.8, 4) is 0 Å². The van der Waals surface area contributed by atoms with Crippen LogP contribution in [0.25, 0.3) is 0 Å². The van der Waals surface area contributed by atoms with Gasteiger partial charge in [-0.1, -0.05) is 18.2 Å². The van der Waals surface area contributed by atoms with Crippen molar-refractivity contribution in [1.29, 1.82) is 0 Å². The molecule has 1 aromatic carbocycles. The van der Waals surface area contributed by atoms with Gasteiger partial charge in [0.15, 0.2) is 0 Å². The van der Waals surface area contributed by atoms with Gasteiger partial charge in [-0.15, -0.1) is 0 Å². The number of benzene rings is 1. The Kier molecular flexibility index (Phi) is 3.32. The Morgan fingerprint density at radius 1 is 1.44 bits per heavy atom. The van der Waals surface area contributed by atoms with Gasteiger partial charge in [0.2, 0.25) is 0 Å². The van der Waals surface area contributed by atoms with Crippen molar-refractivity contribution in [2.75, 3.05) is 12.8 Å². The van der Waals surface area contributed by atoms with E-state index in [9.17, 15) is 4.79 Å². The van der Waals surface area contributed by atoms with Crippen LogP contribution in [-0.2, 0) is 13.6 Å². The number of imidazole rings is 1. The fraction of sp³-hybridized carbons (Fsp3) is 0.231. The maximum absolute atomic E-state index is 12.2. The molecule has 0 fully saturated rings. The summed E-state index contributed by atoms with van der Waals surface area (Å²) in [6.45, 7) is 0.483. The third kappa shape index (κ3) is 2.34. The van der Waals surface area contributed by atoms with Gasteiger partial charge in [0.25, 0.3) is 5.91 Å². The first-order valence-electron chi connectivity index (χ1n) is 5.64. The van der Waals surface area contributed by atoms with Crippen LogP contribution in [0.5, 0.6) is 0 Å². The summed E-state index contributed by atoms with van der Waals surface area (Å²) in [4.78, 5) is 17.7. The fourth-order valence-corrected chi connectivity index (χ4v) is 1.76. The highest BCUT2D eigenvalue weighted by atomic mass is 16.2. The normalized spacial score (nSPS) is 10.3. The van der Waals surface area contributed by atoms with Crippen LogP contribution in [0.3, 0.4) is 0 Å². The second-order valence-corrected chi connectivity index (χ2v) is 4.25. The third-order valence-electron chi connectivity index (χ3n) is 2.85. The number of hydrogen-bond donors (Lipinski definition) is 1. The number of anilines is 1. The fourth-order valence-electron chi connectivity index (χ4n) is 1.76. The van der Waals surface area contributed by atoms with Gasteiger partial charge in [0.05, 0.1) is 12.5 Å². The molecule has 18 heavy (non-hydrogen) atoms. The Bertz CT molecular complexity index is 562. The number of para-hydroxylation sites is 1. The van der Waals surface area contributed by atoms with Crippen LogP contribution in [0.2, 0.25) is 0 Å². The van der Waals surface area contributed by atoms with Crippen LogP contribution in [-0.4, -0.2) is 27.4 Å². The number of carbonyl (C=O) groups is 1. The lowest BCUT2D eigenvalue weighted by Gasteiger charge is -2.18. The molecule has 1 amide bonds. The van der Waals surface area contributed by atoms with Gasteiger partial charge in [0.1, 0.15) is 5.69 Å². The molecule has 0 unspecified atom stereocenters. The molecule has 0 radical (unpaired) electrons. The molecule has 0 aliphatic carbocycles. The molecule has 1 heterocycles. The van der Waals surface area contributed by atoms with Gasteiger partial charge < -0.3 is 15.2 Å². The zero-order valence-electron chi connectivity index (χ0n) is 10.5. The summed E-state index contributed by atoms with van der Waals surface area (Å²) < 4.78 is 1.70. The number of aromatic nitrogens is 2. The van der Waals surface area contributed by atoms with Gasteiger partial charge in [-0.25, -0.2) is 4.98 Å². The Hall–Kier alpha value is -2.30. The Balaban J connectivity index is 2.14. The minimum absolute atomic E-state index is 0.0711. The predicted octanol–water partition coefficient (Wildman–Crippen LogP) is 1.27. The van der Waals surface area contributed by atoms with Crippen LogP contribution in [0.1, 0.15) is 16.1 Å². The molecule has 1 aromatic heterocycles. The smallest absolute Gasteiger partial charge is 0.272 e. The van der Waals surface area contributed by atoms with E-state index in [0.717, 1.165) is 5.56 Å². The zero-order valence-corrected chi connectivity index (χ0v) is 10.5. The number of amides is 1. The first-order valence-corrected chi connectivity index (χ1v) is 5.64. The number of nitrogens with zero attached hydrogens (tertiary/aromatic N) is 3. The summed E-state index contributed by atoms with van der Waals surface area (Å²) in [6.07, 6.45) is 3.17. The quantitative estimate of drug-likeness (QED) is 0.827. The molecule has 94 valence electrons. The summed E-state index contributed by atoms with van der Waals surface area (Å²) in [5.74, 6) is -0.0711. The monoisotopic (exact) mass is 244 g/mol. The molecule has 5 heteroatoms. The highest BCUT2D eigenvalue weighted by Gasteiger charge is 2.15. The molecular formula is C13H16N4O. The average Bonchev–Trinajstić information content (AvgIpc) is 2.77. The summed E-state index contributed by atoms with van der Waals surface area (Å²) >= 11 is 0. The molecule has 0 saturated heterocycles. The minimum Gasteiger partial charge on any atom is -0.398 e. The van der Waals surface area contributed by atoms with Gasteiger partial charge in [0, 0.05) is 26.3 Å². The van der Waals surface area contributed by atoms with E-state index in [1.165, 1.54) is 0 Å². The lowest BCUT2D eigenvalue weighted by molar-refractivity contribution is 0.0776. The maximum Gasteiger partial charge on any atom is 0.272 e. The van der Waals surface area contributed by atoms with E-state index in [0.29, 0.717) is 17.9 Å². The highest BCUT2D eigenvalue weighted by molar-refractivity contribution is 5.92. The maximum atomic E-state index is 12.2. The van der Waals surface area contributed by atoms with Crippen LogP contribution in [0.4, 0.5) is 5.69 Å². The molecule has 0 bridgehead atoms. The largest absolute Gasteiger partial charge is 0.398 e. The van der Waals surface area contributed by atoms with Crippen molar-refractivity contribution in [3.05, 3.63) is 48.0 Å². The van der Waals surface area contributed by atoms with E-state index in [1.54, 1.807) is 36.1 Å². The molecule has 2 aromatic rings. The van der Waals surface area contributed by atoms with E-state index in [-0.39, 0.29) is 5.91 Å². The van der Waals surface area contributed by atoms with E-state index in [4.69, 9.17) is 5.73 Å². The van der Waals surface area contributed by atoms with Crippen LogP contribution < -0.4 is 5.73 Å². The van der Waals surface area contributed by atoms with Crippen molar-refractivity contribution in [2.24, 2.45) is 7.05 Å². The number of carbonyl (C=O) groups excluding carboxylic acids is 1. The van der Waals surface area contributed by atoms with Crippen molar-refractivity contribution in [1.82, 2.24) is 14.5 Å². The molecule has 0 spiro atoms. The van der Waals surface area contributed by atoms with E-state index in [1.807, 2.05) is 24.3 Å². The standard InChI is InChI=1S/C13H16N4O/c1-16(8-10-5-3-4-6-11(10)14)13(18)12-7-15-9-17(12)2/h3-7,9H,8,14H2,1-2H3. The Labute approximate surface area is 106 Å². The molecular weight excluding hydrogens is 228 g/mol. The summed E-state index contributed by atoms with van der Waals surface area (Å²) in [7, 11) is 3.55. The predicted molar refractivity (Wildman–Crippen MR) is 69.9 cm³/mol. The van der Waals surface area contributed by atoms with E-state index in [2.05, 4.69) is 4.98 Å². The first kappa shape index (κ1) is 12.2. The van der Waals surface area contributed by atoms with Crippen molar-refractivity contribution < 1.29 is 4.79 Å². The van der Waals surface area contributed by atoms with Crippen LogP contribution >= 0.6 is 0 Å². The molecule has 5 nitrogen and oxygen atoms in total.